The van der Waals surface area contributed by atoms with Crippen molar-refractivity contribution >= 4 is 43.7 Å². The van der Waals surface area contributed by atoms with E-state index in [0.717, 1.165) is 0 Å². The van der Waals surface area contributed by atoms with Gasteiger partial charge in [-0.05, 0) is 31.6 Å². The van der Waals surface area contributed by atoms with Crippen LogP contribution in [-0.2, 0) is 20.8 Å². The number of rotatable bonds is 3. The quantitative estimate of drug-likeness (QED) is 0.167. The minimum Gasteiger partial charge on any atom is -0.681 e. The van der Waals surface area contributed by atoms with Crippen LogP contribution in [0.25, 0.3) is 0 Å². The van der Waals surface area contributed by atoms with Crippen molar-refractivity contribution in [2.24, 2.45) is 0 Å². The number of fused-ring (bicyclic) bond motifs is 2. The van der Waals surface area contributed by atoms with Gasteiger partial charge >= 0.3 is 3.98 Å². The number of hydrogen-bond donors (Lipinski definition) is 0. The highest BCUT2D eigenvalue weighted by atomic mass is 127. The summed E-state index contributed by atoms with van der Waals surface area (Å²) in [6.07, 6.45) is 6.78. The van der Waals surface area contributed by atoms with E-state index in [9.17, 15) is 4.79 Å². The van der Waals surface area contributed by atoms with Gasteiger partial charge < -0.3 is 10.2 Å². The molecule has 0 radical (unpaired) electrons. The molecule has 4 rings (SSSR count). The molecule has 0 fully saturated rings. The van der Waals surface area contributed by atoms with Gasteiger partial charge in [0.15, 0.2) is 5.71 Å². The molecule has 2 aromatic rings. The predicted molar refractivity (Wildman–Crippen MR) is 137 cm³/mol. The second-order valence-corrected chi connectivity index (χ2v) is 9.97. The molecule has 0 unspecified atom stereocenters. The van der Waals surface area contributed by atoms with Crippen molar-refractivity contribution in [1.29, 1.82) is 0 Å². The highest BCUT2D eigenvalue weighted by Gasteiger charge is 2.42. The number of carbonyl (C=O) groups is 1. The molecule has 0 aliphatic carbocycles. The zero-order valence-electron chi connectivity index (χ0n) is 19.8. The number of nitrogens with zero attached hydrogens (tertiary/aromatic N) is 2. The molecule has 2 heterocycles. The highest BCUT2D eigenvalue weighted by molar-refractivity contribution is 14.1. The van der Waals surface area contributed by atoms with Crippen LogP contribution in [0, 0.1) is 0 Å². The lowest BCUT2D eigenvalue weighted by atomic mass is 9.81. The van der Waals surface area contributed by atoms with Gasteiger partial charge in [-0.1, -0.05) is 56.3 Å². The van der Waals surface area contributed by atoms with Crippen LogP contribution in [0.5, 0.6) is 0 Å². The van der Waals surface area contributed by atoms with E-state index in [4.69, 9.17) is 5.26 Å². The maximum Gasteiger partial charge on any atom is 0.399 e. The third-order valence-corrected chi connectivity index (χ3v) is 6.67. The lowest BCUT2D eigenvalue weighted by Crippen LogP contribution is -2.26. The van der Waals surface area contributed by atoms with Crippen LogP contribution in [0.4, 0.5) is 16.2 Å². The smallest absolute Gasteiger partial charge is 0.399 e. The Hall–Kier alpha value is -2.49. The summed E-state index contributed by atoms with van der Waals surface area (Å²) in [7, 11) is 4.34. The molecule has 6 nitrogen and oxygen atoms in total. The van der Waals surface area contributed by atoms with Gasteiger partial charge in [0.05, 0.1) is 28.0 Å². The molecule has 0 amide bonds. The molecule has 0 spiro atoms. The minimum atomic E-state index is -0.775. The van der Waals surface area contributed by atoms with E-state index < -0.39 is 3.98 Å². The lowest BCUT2D eigenvalue weighted by molar-refractivity contribution is -0.784. The van der Waals surface area contributed by atoms with E-state index in [0.29, 0.717) is 0 Å². The van der Waals surface area contributed by atoms with Crippen LogP contribution in [-0.4, -0.2) is 28.4 Å². The molecule has 33 heavy (non-hydrogen) atoms. The van der Waals surface area contributed by atoms with Crippen molar-refractivity contribution in [3.8, 4) is 0 Å². The van der Waals surface area contributed by atoms with Crippen LogP contribution in [0.3, 0.4) is 0 Å². The molecule has 0 aromatic heterocycles. The molecule has 2 aromatic carbocycles. The molecule has 174 valence electrons. The average molecular weight is 560 g/mol. The highest BCUT2D eigenvalue weighted by Crippen LogP contribution is 2.46. The summed E-state index contributed by atoms with van der Waals surface area (Å²) in [6, 6.07) is 17.4. The normalized spacial score (nSPS) is 18.8. The Kier molecular flexibility index (Phi) is 7.45. The van der Waals surface area contributed by atoms with Crippen molar-refractivity contribution in [2.75, 3.05) is 19.0 Å². The summed E-state index contributed by atoms with van der Waals surface area (Å²) < 4.78 is 1.55. The van der Waals surface area contributed by atoms with E-state index >= 15 is 0 Å². The van der Waals surface area contributed by atoms with Gasteiger partial charge in [-0.3, -0.25) is 4.89 Å². The van der Waals surface area contributed by atoms with Gasteiger partial charge in [0.1, 0.15) is 7.05 Å². The molecule has 0 saturated heterocycles. The summed E-state index contributed by atoms with van der Waals surface area (Å²) in [6.45, 7) is 9.24. The SMILES string of the molecule is CN1C(=CC=CC2=[N+](C)c3ccccc3C2(C)C)C(C)(C)c2ccccc21.O=C(I)OO[O-]. The average Bonchev–Trinajstić information content (AvgIpc) is 3.08. The van der Waals surface area contributed by atoms with Crippen LogP contribution >= 0.6 is 22.6 Å². The van der Waals surface area contributed by atoms with Crippen LogP contribution < -0.4 is 10.2 Å². The number of hydrogen-bond acceptors (Lipinski definition) is 5. The maximum absolute atomic E-state index is 9.48. The minimum absolute atomic E-state index is 0.0143. The number of likely N-dealkylation sites (N-methyl/N-ethyl adjacent to an activating group) is 1. The predicted octanol–water partition coefficient (Wildman–Crippen LogP) is 5.33. The topological polar surface area (TPSA) is 64.8 Å². The molecule has 0 N–H and O–H groups in total. The monoisotopic (exact) mass is 560 g/mol. The second kappa shape index (κ2) is 9.79. The summed E-state index contributed by atoms with van der Waals surface area (Å²) in [5.74, 6) is 0. The Labute approximate surface area is 208 Å². The van der Waals surface area contributed by atoms with E-state index in [1.54, 1.807) is 0 Å². The van der Waals surface area contributed by atoms with E-state index in [1.165, 1.54) is 56.5 Å². The van der Waals surface area contributed by atoms with E-state index in [1.807, 2.05) is 0 Å². The first-order chi connectivity index (χ1) is 15.5. The van der Waals surface area contributed by atoms with Gasteiger partial charge in [0.2, 0.25) is 5.69 Å². The Morgan fingerprint density at radius 3 is 2.18 bits per heavy atom. The molecular formula is C26H29IN2O4. The second-order valence-electron chi connectivity index (χ2n) is 9.09. The number of benzene rings is 2. The number of para-hydroxylation sites is 2. The molecule has 2 aliphatic heterocycles. The molecule has 0 saturated carbocycles. The zero-order valence-corrected chi connectivity index (χ0v) is 21.9. The standard InChI is InChI=1S/C25H29N2.CHIO4/c1-24(2)18-12-7-9-14-20(18)26(5)22(24)16-11-17-23-25(3,4)19-13-8-10-15-21(19)27(23)6;2-1(3)5-6-4/h7-17H,1-6H3;4H/q+1;/p-1. The van der Waals surface area contributed by atoms with Gasteiger partial charge in [-0.25, -0.2) is 9.83 Å². The van der Waals surface area contributed by atoms with Crippen molar-refractivity contribution in [3.05, 3.63) is 83.6 Å². The van der Waals surface area contributed by atoms with Gasteiger partial charge in [0.25, 0.3) is 0 Å². The van der Waals surface area contributed by atoms with Gasteiger partial charge in [0, 0.05) is 41.6 Å². The lowest BCUT2D eigenvalue weighted by Gasteiger charge is -2.23. The van der Waals surface area contributed by atoms with Crippen molar-refractivity contribution in [3.63, 3.8) is 0 Å². The Balaban J connectivity index is 0.000000454. The fourth-order valence-electron chi connectivity index (χ4n) is 4.86. The third-order valence-electron chi connectivity index (χ3n) is 6.49. The zero-order chi connectivity index (χ0) is 24.4. The number of halogens is 1. The Morgan fingerprint density at radius 2 is 1.64 bits per heavy atom. The number of allylic oxidation sites excluding steroid dienone is 4. The van der Waals surface area contributed by atoms with Crippen molar-refractivity contribution < 1.29 is 24.6 Å². The fraction of sp³-hybridized carbons (Fsp3) is 0.308. The third kappa shape index (κ3) is 4.76. The first-order valence-electron chi connectivity index (χ1n) is 10.6. The van der Waals surface area contributed by atoms with Gasteiger partial charge in [-0.2, -0.15) is 4.58 Å². The van der Waals surface area contributed by atoms with Crippen LogP contribution in [0.15, 0.2) is 72.5 Å². The largest absolute Gasteiger partial charge is 0.681 e. The van der Waals surface area contributed by atoms with Crippen molar-refractivity contribution in [1.82, 2.24) is 0 Å². The number of carbonyl (C=O) groups excluding carboxylic acids is 1. The molecule has 7 heteroatoms. The van der Waals surface area contributed by atoms with Gasteiger partial charge in [-0.15, -0.1) is 0 Å². The summed E-state index contributed by atoms with van der Waals surface area (Å²) in [4.78, 5) is 15.1. The Morgan fingerprint density at radius 1 is 1.03 bits per heavy atom. The number of anilines is 1. The molecule has 0 bridgehead atoms. The fourth-order valence-corrected chi connectivity index (χ4v) is 4.93. The Bertz CT molecular complexity index is 1150. The first-order valence-corrected chi connectivity index (χ1v) is 11.7. The van der Waals surface area contributed by atoms with Crippen LogP contribution in [0.1, 0.15) is 38.8 Å². The molecule has 0 atom stereocenters. The van der Waals surface area contributed by atoms with Crippen LogP contribution in [0.2, 0.25) is 0 Å². The van der Waals surface area contributed by atoms with Crippen molar-refractivity contribution in [2.45, 2.75) is 38.5 Å². The summed E-state index contributed by atoms with van der Waals surface area (Å²) >= 11 is 1.26. The molecule has 2 aliphatic rings. The maximum atomic E-state index is 9.48. The summed E-state index contributed by atoms with van der Waals surface area (Å²) in [5, 5.41) is 11.5. The summed E-state index contributed by atoms with van der Waals surface area (Å²) in [5.41, 5.74) is 8.09. The molecular weight excluding hydrogens is 531 g/mol. The van der Waals surface area contributed by atoms with E-state index in [2.05, 4.69) is 128 Å². The first kappa shape index (κ1) is 25.1. The van der Waals surface area contributed by atoms with E-state index in [-0.39, 0.29) is 10.8 Å².